The first-order valence-electron chi connectivity index (χ1n) is 6.83. The number of fused-ring (bicyclic) bond motifs is 1. The maximum atomic E-state index is 12.9. The minimum atomic E-state index is -3.68. The summed E-state index contributed by atoms with van der Waals surface area (Å²) in [7, 11) is -3.68. The van der Waals surface area contributed by atoms with E-state index in [9.17, 15) is 13.2 Å². The number of aryl methyl sites for hydroxylation is 1. The van der Waals surface area contributed by atoms with Gasteiger partial charge in [0.25, 0.3) is 0 Å². The van der Waals surface area contributed by atoms with Crippen molar-refractivity contribution in [3.05, 3.63) is 51.7 Å². The van der Waals surface area contributed by atoms with Gasteiger partial charge >= 0.3 is 0 Å². The summed E-state index contributed by atoms with van der Waals surface area (Å²) in [5.41, 5.74) is 0.685. The summed E-state index contributed by atoms with van der Waals surface area (Å²) in [5.74, 6) is -0.0925. The van der Waals surface area contributed by atoms with Crippen molar-refractivity contribution in [2.24, 2.45) is 0 Å². The minimum Gasteiger partial charge on any atom is -0.298 e. The number of ketones is 1. The van der Waals surface area contributed by atoms with Crippen molar-refractivity contribution in [1.82, 2.24) is 0 Å². The van der Waals surface area contributed by atoms with E-state index in [1.807, 2.05) is 19.9 Å². The van der Waals surface area contributed by atoms with Crippen molar-refractivity contribution in [3.8, 4) is 0 Å². The number of rotatable bonds is 2. The third kappa shape index (κ3) is 2.34. The summed E-state index contributed by atoms with van der Waals surface area (Å²) in [5, 5.41) is -1.05. The lowest BCUT2D eigenvalue weighted by molar-refractivity contribution is -0.119. The predicted octanol–water partition coefficient (Wildman–Crippen LogP) is 3.65. The maximum Gasteiger partial charge on any atom is 0.192 e. The molecule has 0 radical (unpaired) electrons. The molecule has 0 spiro atoms. The van der Waals surface area contributed by atoms with Gasteiger partial charge in [-0.05, 0) is 36.6 Å². The Morgan fingerprint density at radius 3 is 2.52 bits per heavy atom. The van der Waals surface area contributed by atoms with Gasteiger partial charge in [-0.2, -0.15) is 0 Å². The normalized spacial score (nSPS) is 22.1. The highest BCUT2D eigenvalue weighted by Gasteiger charge is 2.42. The Labute approximate surface area is 128 Å². The van der Waals surface area contributed by atoms with E-state index in [0.717, 1.165) is 9.75 Å². The molecule has 5 heteroatoms. The van der Waals surface area contributed by atoms with Crippen LogP contribution in [0.15, 0.2) is 41.3 Å². The van der Waals surface area contributed by atoms with Crippen LogP contribution in [-0.2, 0) is 14.6 Å². The highest BCUT2D eigenvalue weighted by Crippen LogP contribution is 2.45. The molecular formula is C16H16O3S2. The molecule has 0 fully saturated rings. The van der Waals surface area contributed by atoms with E-state index in [1.165, 1.54) is 0 Å². The average Bonchev–Trinajstić information content (AvgIpc) is 2.81. The summed E-state index contributed by atoms with van der Waals surface area (Å²) in [6.45, 7) is 3.93. The van der Waals surface area contributed by atoms with Crippen molar-refractivity contribution in [2.75, 3.05) is 0 Å². The average molecular weight is 320 g/mol. The van der Waals surface area contributed by atoms with E-state index in [1.54, 1.807) is 41.7 Å². The molecule has 1 aromatic carbocycles. The third-order valence-electron chi connectivity index (χ3n) is 3.83. The molecule has 110 valence electrons. The van der Waals surface area contributed by atoms with E-state index in [2.05, 4.69) is 0 Å². The van der Waals surface area contributed by atoms with Crippen LogP contribution < -0.4 is 0 Å². The topological polar surface area (TPSA) is 51.2 Å². The van der Waals surface area contributed by atoms with Gasteiger partial charge in [0, 0.05) is 16.2 Å². The van der Waals surface area contributed by atoms with Crippen molar-refractivity contribution < 1.29 is 13.2 Å². The maximum absolute atomic E-state index is 12.9. The lowest BCUT2D eigenvalue weighted by atomic mass is 9.89. The molecule has 0 saturated carbocycles. The van der Waals surface area contributed by atoms with Crippen molar-refractivity contribution in [1.29, 1.82) is 0 Å². The van der Waals surface area contributed by atoms with E-state index in [-0.39, 0.29) is 16.6 Å². The summed E-state index contributed by atoms with van der Waals surface area (Å²) in [4.78, 5) is 14.7. The zero-order chi connectivity index (χ0) is 15.2. The molecule has 1 aliphatic rings. The summed E-state index contributed by atoms with van der Waals surface area (Å²) in [6.07, 6.45) is 0.295. The van der Waals surface area contributed by atoms with Gasteiger partial charge in [-0.25, -0.2) is 8.42 Å². The van der Waals surface area contributed by atoms with Crippen LogP contribution in [0.4, 0.5) is 0 Å². The molecule has 21 heavy (non-hydrogen) atoms. The van der Waals surface area contributed by atoms with Gasteiger partial charge in [0.1, 0.15) is 0 Å². The summed E-state index contributed by atoms with van der Waals surface area (Å²) >= 11 is 1.60. The van der Waals surface area contributed by atoms with E-state index < -0.39 is 15.1 Å². The monoisotopic (exact) mass is 320 g/mol. The molecule has 2 aromatic rings. The quantitative estimate of drug-likeness (QED) is 0.848. The molecule has 0 bridgehead atoms. The van der Waals surface area contributed by atoms with Gasteiger partial charge in [0.15, 0.2) is 20.9 Å². The Morgan fingerprint density at radius 2 is 1.86 bits per heavy atom. The highest BCUT2D eigenvalue weighted by molar-refractivity contribution is 7.92. The molecule has 3 rings (SSSR count). The third-order valence-corrected chi connectivity index (χ3v) is 7.19. The Kier molecular flexibility index (Phi) is 3.50. The first kappa shape index (κ1) is 14.5. The van der Waals surface area contributed by atoms with Gasteiger partial charge in [-0.1, -0.05) is 25.1 Å². The number of carbonyl (C=O) groups excluding carboxylic acids is 1. The Morgan fingerprint density at radius 1 is 1.19 bits per heavy atom. The molecule has 1 heterocycles. The first-order valence-corrected chi connectivity index (χ1v) is 9.19. The zero-order valence-electron chi connectivity index (χ0n) is 11.9. The molecule has 0 saturated heterocycles. The molecule has 0 aliphatic heterocycles. The number of sulfone groups is 1. The van der Waals surface area contributed by atoms with Crippen LogP contribution in [0.2, 0.25) is 0 Å². The van der Waals surface area contributed by atoms with Gasteiger partial charge in [-0.3, -0.25) is 4.79 Å². The molecule has 1 aromatic heterocycles. The largest absolute Gasteiger partial charge is 0.298 e. The van der Waals surface area contributed by atoms with E-state index in [4.69, 9.17) is 0 Å². The van der Waals surface area contributed by atoms with Gasteiger partial charge in [-0.15, -0.1) is 11.3 Å². The molecular weight excluding hydrogens is 304 g/mol. The summed E-state index contributed by atoms with van der Waals surface area (Å²) in [6, 6.07) is 10.1. The molecule has 3 nitrogen and oxygen atoms in total. The smallest absolute Gasteiger partial charge is 0.192 e. The van der Waals surface area contributed by atoms with Crippen molar-refractivity contribution in [2.45, 2.75) is 36.3 Å². The van der Waals surface area contributed by atoms with Crippen molar-refractivity contribution >= 4 is 27.0 Å². The molecule has 1 aliphatic carbocycles. The second-order valence-electron chi connectivity index (χ2n) is 5.49. The number of thiophene rings is 1. The SMILES string of the molecule is Cc1cc2c(s1)C(C)CC(=O)C2S(=O)(=O)c1ccccc1. The highest BCUT2D eigenvalue weighted by atomic mass is 32.2. The van der Waals surface area contributed by atoms with Crippen molar-refractivity contribution in [3.63, 3.8) is 0 Å². The first-order chi connectivity index (χ1) is 9.91. The van der Waals surface area contributed by atoms with Crippen LogP contribution in [-0.4, -0.2) is 14.2 Å². The van der Waals surface area contributed by atoms with Crippen LogP contribution in [0, 0.1) is 6.92 Å². The van der Waals surface area contributed by atoms with Crippen LogP contribution in [0.1, 0.15) is 39.8 Å². The lowest BCUT2D eigenvalue weighted by Gasteiger charge is -2.25. The molecule has 2 atom stereocenters. The van der Waals surface area contributed by atoms with Gasteiger partial charge in [0.2, 0.25) is 0 Å². The molecule has 0 amide bonds. The van der Waals surface area contributed by atoms with E-state index >= 15 is 0 Å². The number of benzene rings is 1. The summed E-state index contributed by atoms with van der Waals surface area (Å²) < 4.78 is 25.7. The number of hydrogen-bond donors (Lipinski definition) is 0. The van der Waals surface area contributed by atoms with Crippen LogP contribution >= 0.6 is 11.3 Å². The second kappa shape index (κ2) is 5.07. The Bertz CT molecular complexity index is 788. The van der Waals surface area contributed by atoms with Crippen LogP contribution in [0.3, 0.4) is 0 Å². The fourth-order valence-corrected chi connectivity index (χ4v) is 5.87. The molecule has 2 unspecified atom stereocenters. The fraction of sp³-hybridized carbons (Fsp3) is 0.312. The van der Waals surface area contributed by atoms with E-state index in [0.29, 0.717) is 12.0 Å². The zero-order valence-corrected chi connectivity index (χ0v) is 13.5. The second-order valence-corrected chi connectivity index (χ2v) is 8.81. The number of carbonyl (C=O) groups is 1. The van der Waals surface area contributed by atoms with Gasteiger partial charge < -0.3 is 0 Å². The standard InChI is InChI=1S/C16H16O3S2/c1-10-8-14(17)16(13-9-11(2)20-15(10)13)21(18,19)12-6-4-3-5-7-12/h3-7,9-10,16H,8H2,1-2H3. The Balaban J connectivity index is 2.18. The lowest BCUT2D eigenvalue weighted by Crippen LogP contribution is -2.28. The number of Topliss-reactive ketones (excluding diaryl/α,β-unsaturated/α-hetero) is 1. The van der Waals surface area contributed by atoms with Crippen LogP contribution in [0.5, 0.6) is 0 Å². The Hall–Kier alpha value is -1.46. The van der Waals surface area contributed by atoms with Crippen LogP contribution in [0.25, 0.3) is 0 Å². The van der Waals surface area contributed by atoms with Gasteiger partial charge in [0.05, 0.1) is 4.90 Å². The number of hydrogen-bond acceptors (Lipinski definition) is 4. The minimum absolute atomic E-state index is 0.105. The predicted molar refractivity (Wildman–Crippen MR) is 83.5 cm³/mol. The fourth-order valence-electron chi connectivity index (χ4n) is 2.90. The molecule has 0 N–H and O–H groups in total.